The van der Waals surface area contributed by atoms with E-state index in [1.54, 1.807) is 12.1 Å². The Labute approximate surface area is 146 Å². The van der Waals surface area contributed by atoms with Gasteiger partial charge in [-0.05, 0) is 43.0 Å². The number of aromatic nitrogens is 2. The van der Waals surface area contributed by atoms with Crippen LogP contribution < -0.4 is 16.0 Å². The molecule has 25 heavy (non-hydrogen) atoms. The number of hydrogen-bond donors (Lipinski definition) is 2. The molecule has 1 atom stereocenters. The van der Waals surface area contributed by atoms with Gasteiger partial charge in [0.25, 0.3) is 5.91 Å². The standard InChI is InChI=1S/C18H21N5O2/c19-16(24)11-13-5-4-10-23(12-13)17-9-8-15(21-22-17)18(25)20-14-6-2-1-3-7-14/h1-3,6-9,13H,4-5,10-12H2,(H2,19,24)(H,20,25). The van der Waals surface area contributed by atoms with Crippen LogP contribution >= 0.6 is 0 Å². The van der Waals surface area contributed by atoms with E-state index >= 15 is 0 Å². The highest BCUT2D eigenvalue weighted by Gasteiger charge is 2.22. The predicted octanol–water partition coefficient (Wildman–Crippen LogP) is 1.82. The maximum atomic E-state index is 12.2. The summed E-state index contributed by atoms with van der Waals surface area (Å²) in [7, 11) is 0. The molecule has 0 saturated carbocycles. The second kappa shape index (κ2) is 7.74. The van der Waals surface area contributed by atoms with Crippen LogP contribution in [0.25, 0.3) is 0 Å². The molecule has 0 aliphatic carbocycles. The van der Waals surface area contributed by atoms with E-state index < -0.39 is 0 Å². The van der Waals surface area contributed by atoms with Gasteiger partial charge in [0.05, 0.1) is 0 Å². The molecule has 7 heteroatoms. The molecule has 3 rings (SSSR count). The highest BCUT2D eigenvalue weighted by Crippen LogP contribution is 2.23. The van der Waals surface area contributed by atoms with Crippen molar-refractivity contribution >= 4 is 23.3 Å². The summed E-state index contributed by atoms with van der Waals surface area (Å²) in [5.74, 6) is 0.390. The van der Waals surface area contributed by atoms with Crippen LogP contribution in [-0.4, -0.2) is 35.1 Å². The van der Waals surface area contributed by atoms with Crippen molar-refractivity contribution in [1.82, 2.24) is 10.2 Å². The van der Waals surface area contributed by atoms with Crippen LogP contribution in [0.15, 0.2) is 42.5 Å². The summed E-state index contributed by atoms with van der Waals surface area (Å²) in [4.78, 5) is 25.4. The summed E-state index contributed by atoms with van der Waals surface area (Å²) in [6.07, 6.45) is 2.36. The van der Waals surface area contributed by atoms with Gasteiger partial charge in [0.2, 0.25) is 5.91 Å². The van der Waals surface area contributed by atoms with Gasteiger partial charge in [0, 0.05) is 25.2 Å². The molecule has 1 aromatic heterocycles. The lowest BCUT2D eigenvalue weighted by Gasteiger charge is -2.32. The number of piperidine rings is 1. The Bertz CT molecular complexity index is 733. The number of benzene rings is 1. The van der Waals surface area contributed by atoms with Gasteiger partial charge in [0.1, 0.15) is 0 Å². The van der Waals surface area contributed by atoms with Crippen LogP contribution in [0.4, 0.5) is 11.5 Å². The lowest BCUT2D eigenvalue weighted by atomic mass is 9.94. The first-order chi connectivity index (χ1) is 12.1. The molecule has 3 N–H and O–H groups in total. The molecule has 1 aliphatic heterocycles. The molecule has 2 amide bonds. The monoisotopic (exact) mass is 339 g/mol. The summed E-state index contributed by atoms with van der Waals surface area (Å²) >= 11 is 0. The van der Waals surface area contributed by atoms with Crippen molar-refractivity contribution in [3.63, 3.8) is 0 Å². The van der Waals surface area contributed by atoms with Crippen molar-refractivity contribution in [2.75, 3.05) is 23.3 Å². The van der Waals surface area contributed by atoms with Gasteiger partial charge in [-0.2, -0.15) is 0 Å². The number of nitrogens with zero attached hydrogens (tertiary/aromatic N) is 3. The first-order valence-electron chi connectivity index (χ1n) is 8.35. The molecular formula is C18H21N5O2. The molecule has 130 valence electrons. The molecule has 0 bridgehead atoms. The summed E-state index contributed by atoms with van der Waals surface area (Å²) in [5.41, 5.74) is 6.27. The maximum Gasteiger partial charge on any atom is 0.276 e. The molecular weight excluding hydrogens is 318 g/mol. The van der Waals surface area contributed by atoms with Crippen LogP contribution in [0.1, 0.15) is 29.8 Å². The first-order valence-corrected chi connectivity index (χ1v) is 8.35. The zero-order chi connectivity index (χ0) is 17.6. The summed E-state index contributed by atoms with van der Waals surface area (Å²) in [5, 5.41) is 11.0. The fourth-order valence-electron chi connectivity index (χ4n) is 3.06. The third-order valence-corrected chi connectivity index (χ3v) is 4.25. The minimum atomic E-state index is -0.296. The molecule has 7 nitrogen and oxygen atoms in total. The zero-order valence-corrected chi connectivity index (χ0v) is 13.9. The van der Waals surface area contributed by atoms with E-state index in [0.29, 0.717) is 17.9 Å². The zero-order valence-electron chi connectivity index (χ0n) is 13.9. The van der Waals surface area contributed by atoms with Crippen LogP contribution in [0.2, 0.25) is 0 Å². The molecule has 0 radical (unpaired) electrons. The Hall–Kier alpha value is -2.96. The molecule has 2 heterocycles. The molecule has 1 aromatic carbocycles. The highest BCUT2D eigenvalue weighted by molar-refractivity contribution is 6.02. The number of nitrogens with one attached hydrogen (secondary N) is 1. The lowest BCUT2D eigenvalue weighted by Crippen LogP contribution is -2.37. The molecule has 1 saturated heterocycles. The number of amides is 2. The number of primary amides is 1. The van der Waals surface area contributed by atoms with Gasteiger partial charge < -0.3 is 16.0 Å². The van der Waals surface area contributed by atoms with Gasteiger partial charge in [-0.1, -0.05) is 18.2 Å². The van der Waals surface area contributed by atoms with E-state index in [-0.39, 0.29) is 23.4 Å². The van der Waals surface area contributed by atoms with Crippen molar-refractivity contribution < 1.29 is 9.59 Å². The van der Waals surface area contributed by atoms with Gasteiger partial charge in [-0.3, -0.25) is 9.59 Å². The second-order valence-electron chi connectivity index (χ2n) is 6.22. The summed E-state index contributed by atoms with van der Waals surface area (Å²) < 4.78 is 0. The normalized spacial score (nSPS) is 17.1. The Morgan fingerprint density at radius 3 is 2.64 bits per heavy atom. The van der Waals surface area contributed by atoms with Crippen molar-refractivity contribution in [2.45, 2.75) is 19.3 Å². The number of hydrogen-bond acceptors (Lipinski definition) is 5. The average Bonchev–Trinajstić information content (AvgIpc) is 2.62. The summed E-state index contributed by atoms with van der Waals surface area (Å²) in [6.45, 7) is 1.59. The van der Waals surface area contributed by atoms with Crippen molar-refractivity contribution in [2.24, 2.45) is 11.7 Å². The number of rotatable bonds is 5. The second-order valence-corrected chi connectivity index (χ2v) is 6.22. The molecule has 1 aliphatic rings. The Morgan fingerprint density at radius 1 is 1.16 bits per heavy atom. The topological polar surface area (TPSA) is 101 Å². The quantitative estimate of drug-likeness (QED) is 0.865. The molecule has 1 fully saturated rings. The molecule has 2 aromatic rings. The molecule has 1 unspecified atom stereocenters. The predicted molar refractivity (Wildman–Crippen MR) is 95.2 cm³/mol. The third-order valence-electron chi connectivity index (χ3n) is 4.25. The first kappa shape index (κ1) is 16.9. The van der Waals surface area contributed by atoms with Gasteiger partial charge in [-0.25, -0.2) is 0 Å². The Balaban J connectivity index is 1.63. The lowest BCUT2D eigenvalue weighted by molar-refractivity contribution is -0.118. The van der Waals surface area contributed by atoms with Crippen molar-refractivity contribution in [3.8, 4) is 0 Å². The van der Waals surface area contributed by atoms with Gasteiger partial charge in [0.15, 0.2) is 11.5 Å². The number of para-hydroxylation sites is 1. The summed E-state index contributed by atoms with van der Waals surface area (Å²) in [6, 6.07) is 12.7. The number of nitrogens with two attached hydrogens (primary N) is 1. The Morgan fingerprint density at radius 2 is 1.96 bits per heavy atom. The largest absolute Gasteiger partial charge is 0.370 e. The number of carbonyl (C=O) groups is 2. The van der Waals surface area contributed by atoms with Crippen molar-refractivity contribution in [1.29, 1.82) is 0 Å². The Kier molecular flexibility index (Phi) is 5.23. The van der Waals surface area contributed by atoms with Crippen LogP contribution in [0.3, 0.4) is 0 Å². The van der Waals surface area contributed by atoms with Crippen LogP contribution in [0.5, 0.6) is 0 Å². The minimum absolute atomic E-state index is 0.245. The highest BCUT2D eigenvalue weighted by atomic mass is 16.2. The fourth-order valence-corrected chi connectivity index (χ4v) is 3.06. The third kappa shape index (κ3) is 4.53. The van der Waals surface area contributed by atoms with E-state index in [4.69, 9.17) is 5.73 Å². The number of anilines is 2. The minimum Gasteiger partial charge on any atom is -0.370 e. The van der Waals surface area contributed by atoms with E-state index in [1.807, 2.05) is 30.3 Å². The van der Waals surface area contributed by atoms with Gasteiger partial charge in [-0.15, -0.1) is 10.2 Å². The van der Waals surface area contributed by atoms with Gasteiger partial charge >= 0.3 is 0 Å². The van der Waals surface area contributed by atoms with Crippen molar-refractivity contribution in [3.05, 3.63) is 48.2 Å². The van der Waals surface area contributed by atoms with Crippen LogP contribution in [0, 0.1) is 5.92 Å². The van der Waals surface area contributed by atoms with E-state index in [1.165, 1.54) is 0 Å². The number of carbonyl (C=O) groups excluding carboxylic acids is 2. The van der Waals surface area contributed by atoms with E-state index in [2.05, 4.69) is 20.4 Å². The smallest absolute Gasteiger partial charge is 0.276 e. The molecule has 0 spiro atoms. The SMILES string of the molecule is NC(=O)CC1CCCN(c2ccc(C(=O)Nc3ccccc3)nn2)C1. The fraction of sp³-hybridized carbons (Fsp3) is 0.333. The average molecular weight is 339 g/mol. The van der Waals surface area contributed by atoms with E-state index in [9.17, 15) is 9.59 Å². The van der Waals surface area contributed by atoms with Crippen LogP contribution in [-0.2, 0) is 4.79 Å². The maximum absolute atomic E-state index is 12.2. The van der Waals surface area contributed by atoms with E-state index in [0.717, 1.165) is 25.9 Å².